The summed E-state index contributed by atoms with van der Waals surface area (Å²) in [6.07, 6.45) is 8.79. The average Bonchev–Trinajstić information content (AvgIpc) is 3.37. The Morgan fingerprint density at radius 2 is 2.07 bits per heavy atom. The molecule has 2 aliphatic carbocycles. The molecule has 0 unspecified atom stereocenters. The fourth-order valence-corrected chi connectivity index (χ4v) is 6.16. The van der Waals surface area contributed by atoms with Crippen molar-refractivity contribution in [3.63, 3.8) is 0 Å². The van der Waals surface area contributed by atoms with Gasteiger partial charge in [0.15, 0.2) is 0 Å². The fraction of sp³-hybridized carbons (Fsp3) is 0.750. The fourth-order valence-electron chi connectivity index (χ4n) is 5.36. The molecule has 1 aromatic heterocycles. The predicted octanol–water partition coefficient (Wildman–Crippen LogP) is 1.45. The quantitative estimate of drug-likeness (QED) is 0.716. The number of aromatic nitrogens is 2. The number of sulfonamides is 1. The van der Waals surface area contributed by atoms with Gasteiger partial charge in [-0.25, -0.2) is 27.9 Å². The van der Waals surface area contributed by atoms with E-state index >= 15 is 0 Å². The minimum atomic E-state index is -3.40. The molecule has 1 amide bonds. The molecule has 1 saturated heterocycles. The molecule has 2 saturated carbocycles. The summed E-state index contributed by atoms with van der Waals surface area (Å²) >= 11 is 0. The van der Waals surface area contributed by atoms with E-state index in [-0.39, 0.29) is 24.2 Å². The number of amides is 1. The molecule has 166 valence electrons. The van der Waals surface area contributed by atoms with Gasteiger partial charge in [-0.1, -0.05) is 0 Å². The molecule has 6 atom stereocenters. The van der Waals surface area contributed by atoms with Crippen LogP contribution >= 0.6 is 0 Å². The van der Waals surface area contributed by atoms with Crippen LogP contribution in [0.5, 0.6) is 0 Å². The molecule has 1 N–H and O–H groups in total. The highest BCUT2D eigenvalue weighted by Gasteiger charge is 2.60. The Morgan fingerprint density at radius 3 is 2.70 bits per heavy atom. The molecule has 4 rings (SSSR count). The highest BCUT2D eigenvalue weighted by Crippen LogP contribution is 2.61. The molecule has 2 heterocycles. The Kier molecular flexibility index (Phi) is 5.75. The third-order valence-electron chi connectivity index (χ3n) is 6.85. The number of carbonyl (C=O) groups excluding carboxylic acids is 1. The molecule has 1 aromatic rings. The molecule has 0 spiro atoms. The highest BCUT2D eigenvalue weighted by atomic mass is 32.2. The van der Waals surface area contributed by atoms with Gasteiger partial charge in [-0.05, 0) is 51.0 Å². The highest BCUT2D eigenvalue weighted by molar-refractivity contribution is 7.88. The van der Waals surface area contributed by atoms with E-state index < -0.39 is 28.2 Å². The van der Waals surface area contributed by atoms with Crippen molar-refractivity contribution in [3.8, 4) is 0 Å². The zero-order valence-electron chi connectivity index (χ0n) is 17.7. The third kappa shape index (κ3) is 4.17. The van der Waals surface area contributed by atoms with Crippen LogP contribution in [0.1, 0.15) is 44.9 Å². The van der Waals surface area contributed by atoms with Crippen molar-refractivity contribution in [1.29, 1.82) is 0 Å². The lowest BCUT2D eigenvalue weighted by Gasteiger charge is -2.32. The van der Waals surface area contributed by atoms with Crippen LogP contribution in [0.4, 0.5) is 4.79 Å². The standard InChI is InChI=1S/C20H30N4O5S/c1-13-9-16(23-30(3,26)27)17(24(13)19(25)28-2)12-29-15-5-6-20(11-14(20)10-15)18-21-7-4-8-22-18/h4,7-8,13-17,23H,5-6,9-12H2,1-3H3/t13-,14-,15+,16+,17+,20-/m1/s1. The number of hydrogen-bond donors (Lipinski definition) is 1. The van der Waals surface area contributed by atoms with E-state index in [1.165, 1.54) is 7.11 Å². The number of hydrogen-bond acceptors (Lipinski definition) is 7. The van der Waals surface area contributed by atoms with Crippen molar-refractivity contribution in [2.45, 2.75) is 68.7 Å². The van der Waals surface area contributed by atoms with Gasteiger partial charge in [0.2, 0.25) is 10.0 Å². The van der Waals surface area contributed by atoms with Crippen LogP contribution in [0.2, 0.25) is 0 Å². The zero-order chi connectivity index (χ0) is 21.5. The molecule has 3 fully saturated rings. The van der Waals surface area contributed by atoms with E-state index in [2.05, 4.69) is 14.7 Å². The largest absolute Gasteiger partial charge is 0.453 e. The second-order valence-corrected chi connectivity index (χ2v) is 10.7. The monoisotopic (exact) mass is 438 g/mol. The molecular weight excluding hydrogens is 408 g/mol. The van der Waals surface area contributed by atoms with Gasteiger partial charge in [-0.15, -0.1) is 0 Å². The van der Waals surface area contributed by atoms with Crippen molar-refractivity contribution >= 4 is 16.1 Å². The predicted molar refractivity (Wildman–Crippen MR) is 109 cm³/mol. The first kappa shape index (κ1) is 21.5. The Hall–Kier alpha value is -1.78. The summed E-state index contributed by atoms with van der Waals surface area (Å²) < 4.78 is 37.5. The number of ether oxygens (including phenoxy) is 2. The van der Waals surface area contributed by atoms with Crippen molar-refractivity contribution in [3.05, 3.63) is 24.3 Å². The van der Waals surface area contributed by atoms with Gasteiger partial charge in [-0.2, -0.15) is 0 Å². The van der Waals surface area contributed by atoms with Crippen LogP contribution in [0.3, 0.4) is 0 Å². The molecule has 1 aliphatic heterocycles. The number of nitrogens with one attached hydrogen (secondary N) is 1. The van der Waals surface area contributed by atoms with E-state index in [1.54, 1.807) is 17.3 Å². The Bertz CT molecular complexity index is 882. The molecule has 0 radical (unpaired) electrons. The SMILES string of the molecule is COC(=O)N1[C@H](C)C[C@H](NS(C)(=O)=O)[C@@H]1CO[C@H]1CC[C@@]2(c3ncccn3)C[C@H]2C1. The molecule has 10 heteroatoms. The first-order chi connectivity index (χ1) is 14.2. The van der Waals surface area contributed by atoms with Crippen LogP contribution in [0.15, 0.2) is 18.5 Å². The molecule has 0 bridgehead atoms. The maximum Gasteiger partial charge on any atom is 0.410 e. The van der Waals surface area contributed by atoms with E-state index in [0.29, 0.717) is 12.3 Å². The lowest BCUT2D eigenvalue weighted by molar-refractivity contribution is -0.0103. The summed E-state index contributed by atoms with van der Waals surface area (Å²) in [6.45, 7) is 2.17. The summed E-state index contributed by atoms with van der Waals surface area (Å²) in [5.41, 5.74) is 0.0986. The third-order valence-corrected chi connectivity index (χ3v) is 7.58. The smallest absolute Gasteiger partial charge is 0.410 e. The van der Waals surface area contributed by atoms with Gasteiger partial charge in [-0.3, -0.25) is 4.90 Å². The Morgan fingerprint density at radius 1 is 1.33 bits per heavy atom. The number of fused-ring (bicyclic) bond motifs is 1. The van der Waals surface area contributed by atoms with Crippen molar-refractivity contribution in [1.82, 2.24) is 19.6 Å². The maximum atomic E-state index is 12.3. The summed E-state index contributed by atoms with van der Waals surface area (Å²) in [5, 5.41) is 0. The van der Waals surface area contributed by atoms with E-state index in [0.717, 1.165) is 37.8 Å². The minimum absolute atomic E-state index is 0.0867. The van der Waals surface area contributed by atoms with Gasteiger partial charge >= 0.3 is 6.09 Å². The van der Waals surface area contributed by atoms with Crippen molar-refractivity contribution < 1.29 is 22.7 Å². The normalized spacial score (nSPS) is 35.7. The second-order valence-electron chi connectivity index (χ2n) is 8.89. The van der Waals surface area contributed by atoms with Crippen LogP contribution in [-0.2, 0) is 24.9 Å². The first-order valence-corrected chi connectivity index (χ1v) is 12.4. The Labute approximate surface area is 177 Å². The zero-order valence-corrected chi connectivity index (χ0v) is 18.5. The van der Waals surface area contributed by atoms with Gasteiger partial charge in [0, 0.05) is 29.9 Å². The van der Waals surface area contributed by atoms with Crippen molar-refractivity contribution in [2.24, 2.45) is 5.92 Å². The van der Waals surface area contributed by atoms with Crippen LogP contribution in [0.25, 0.3) is 0 Å². The van der Waals surface area contributed by atoms with Crippen LogP contribution in [-0.4, -0.2) is 73.6 Å². The van der Waals surface area contributed by atoms with Gasteiger partial charge in [0.1, 0.15) is 5.82 Å². The Balaban J connectivity index is 1.39. The number of likely N-dealkylation sites (tertiary alicyclic amines) is 1. The van der Waals surface area contributed by atoms with E-state index in [9.17, 15) is 13.2 Å². The summed E-state index contributed by atoms with van der Waals surface area (Å²) in [5.74, 6) is 1.45. The molecule has 3 aliphatic rings. The van der Waals surface area contributed by atoms with Crippen LogP contribution in [0, 0.1) is 5.92 Å². The van der Waals surface area contributed by atoms with Gasteiger partial charge in [0.25, 0.3) is 0 Å². The molecule has 9 nitrogen and oxygen atoms in total. The lowest BCUT2D eigenvalue weighted by Crippen LogP contribution is -2.50. The molecular formula is C20H30N4O5S. The van der Waals surface area contributed by atoms with Crippen molar-refractivity contribution in [2.75, 3.05) is 20.0 Å². The maximum absolute atomic E-state index is 12.3. The van der Waals surface area contributed by atoms with Gasteiger partial charge < -0.3 is 9.47 Å². The number of carbonyl (C=O) groups is 1. The van der Waals surface area contributed by atoms with Crippen LogP contribution < -0.4 is 4.72 Å². The van der Waals surface area contributed by atoms with Gasteiger partial charge in [0.05, 0.1) is 32.1 Å². The van der Waals surface area contributed by atoms with E-state index in [1.807, 2.05) is 13.0 Å². The molecule has 30 heavy (non-hydrogen) atoms. The number of methoxy groups -OCH3 is 1. The van der Waals surface area contributed by atoms with E-state index in [4.69, 9.17) is 9.47 Å². The number of rotatable bonds is 6. The average molecular weight is 439 g/mol. The molecule has 0 aromatic carbocycles. The summed E-state index contributed by atoms with van der Waals surface area (Å²) in [7, 11) is -2.06. The topological polar surface area (TPSA) is 111 Å². The summed E-state index contributed by atoms with van der Waals surface area (Å²) in [4.78, 5) is 22.8. The summed E-state index contributed by atoms with van der Waals surface area (Å²) in [6, 6.07) is 0.909. The second kappa shape index (κ2) is 8.05. The number of nitrogens with zero attached hydrogens (tertiary/aromatic N) is 3. The minimum Gasteiger partial charge on any atom is -0.453 e. The first-order valence-electron chi connectivity index (χ1n) is 10.5. The lowest BCUT2D eigenvalue weighted by atomic mass is 9.86.